The Bertz CT molecular complexity index is 1340. The topological polar surface area (TPSA) is 107 Å². The summed E-state index contributed by atoms with van der Waals surface area (Å²) in [6.45, 7) is 4.16. The van der Waals surface area contributed by atoms with Gasteiger partial charge in [-0.2, -0.15) is 15.3 Å². The Morgan fingerprint density at radius 2 is 1.76 bits per heavy atom. The second kappa shape index (κ2) is 10.2. The minimum Gasteiger partial charge on any atom is -0.479 e. The molecule has 0 fully saturated rings. The summed E-state index contributed by atoms with van der Waals surface area (Å²) in [4.78, 5) is 23.9. The second-order valence-electron chi connectivity index (χ2n) is 7.95. The second-order valence-corrected chi connectivity index (χ2v) is 7.95. The van der Waals surface area contributed by atoms with Gasteiger partial charge < -0.3 is 9.84 Å². The third-order valence-electron chi connectivity index (χ3n) is 5.41. The first-order valence-corrected chi connectivity index (χ1v) is 10.8. The minimum atomic E-state index is -0.986. The molecule has 0 saturated heterocycles. The maximum absolute atomic E-state index is 13.1. The lowest BCUT2D eigenvalue weighted by molar-refractivity contribution is -0.149. The highest BCUT2D eigenvalue weighted by Gasteiger charge is 2.19. The van der Waals surface area contributed by atoms with Crippen LogP contribution in [-0.4, -0.2) is 42.9 Å². The number of aliphatic carboxylic acids is 1. The number of allylic oxidation sites excluding steroid dienone is 1. The average molecular weight is 457 g/mol. The van der Waals surface area contributed by atoms with Crippen LogP contribution in [0.1, 0.15) is 39.7 Å². The Morgan fingerprint density at radius 1 is 1.06 bits per heavy atom. The number of ether oxygens (including phenoxy) is 1. The zero-order chi connectivity index (χ0) is 24.1. The quantitative estimate of drug-likeness (QED) is 0.378. The van der Waals surface area contributed by atoms with Crippen LogP contribution in [0.3, 0.4) is 0 Å². The van der Waals surface area contributed by atoms with Gasteiger partial charge in [0, 0.05) is 5.56 Å². The summed E-state index contributed by atoms with van der Waals surface area (Å²) in [6.07, 6.45) is 6.22. The van der Waals surface area contributed by atoms with E-state index >= 15 is 0 Å². The number of ketones is 1. The number of carbonyl (C=O) groups is 2. The Balaban J connectivity index is 1.48. The molecular weight excluding hydrogens is 432 g/mol. The monoisotopic (exact) mass is 456 g/mol. The summed E-state index contributed by atoms with van der Waals surface area (Å²) in [7, 11) is 0. The van der Waals surface area contributed by atoms with Crippen molar-refractivity contribution < 1.29 is 19.4 Å². The molecule has 1 N–H and O–H groups in total. The van der Waals surface area contributed by atoms with Crippen molar-refractivity contribution in [3.05, 3.63) is 94.9 Å². The number of rotatable bonds is 9. The highest BCUT2D eigenvalue weighted by Crippen LogP contribution is 2.20. The van der Waals surface area contributed by atoms with Crippen molar-refractivity contribution in [1.82, 2.24) is 20.0 Å². The summed E-state index contributed by atoms with van der Waals surface area (Å²) in [6, 6.07) is 15.1. The molecule has 4 rings (SSSR count). The molecule has 8 heteroatoms. The molecule has 2 aromatic carbocycles. The van der Waals surface area contributed by atoms with Crippen LogP contribution in [0.5, 0.6) is 0 Å². The summed E-state index contributed by atoms with van der Waals surface area (Å²) < 4.78 is 7.03. The normalized spacial score (nSPS) is 12.3. The van der Waals surface area contributed by atoms with Gasteiger partial charge >= 0.3 is 5.97 Å². The molecule has 4 aromatic rings. The molecule has 34 heavy (non-hydrogen) atoms. The van der Waals surface area contributed by atoms with E-state index in [9.17, 15) is 9.59 Å². The van der Waals surface area contributed by atoms with Crippen LogP contribution in [-0.2, 0) is 22.7 Å². The Hall–Kier alpha value is -4.17. The summed E-state index contributed by atoms with van der Waals surface area (Å²) >= 11 is 0. The predicted molar refractivity (Wildman–Crippen MR) is 127 cm³/mol. The van der Waals surface area contributed by atoms with Crippen molar-refractivity contribution in [2.24, 2.45) is 0 Å². The molecule has 0 bridgehead atoms. The number of benzene rings is 2. The fraction of sp³-hybridized carbons (Fsp3) is 0.192. The summed E-state index contributed by atoms with van der Waals surface area (Å²) in [5.74, 6) is -1.14. The predicted octanol–water partition coefficient (Wildman–Crippen LogP) is 4.07. The van der Waals surface area contributed by atoms with Gasteiger partial charge in [-0.25, -0.2) is 4.79 Å². The lowest BCUT2D eigenvalue weighted by Gasteiger charge is -2.08. The molecule has 2 heterocycles. The van der Waals surface area contributed by atoms with Gasteiger partial charge in [0.1, 0.15) is 5.69 Å². The standard InChI is InChI=1S/C26H24N4O4/c1-17-5-11-21(12-6-17)25(31)24-22-14-27-28-15-23(22)30(29-24)13-3-4-19-7-9-20(10-8-19)16-34-18(2)26(32)33/h3-12,14-15,18H,13,16H2,1-2H3,(H,32,33)/b4-3+/t18-/m0/s1. The molecule has 0 spiro atoms. The summed E-state index contributed by atoms with van der Waals surface area (Å²) in [5, 5.41) is 22.0. The molecule has 0 aliphatic heterocycles. The third-order valence-corrected chi connectivity index (χ3v) is 5.41. The molecule has 172 valence electrons. The number of hydrogen-bond donors (Lipinski definition) is 1. The number of fused-ring (bicyclic) bond motifs is 1. The van der Waals surface area contributed by atoms with Gasteiger partial charge in [0.05, 0.1) is 36.4 Å². The minimum absolute atomic E-state index is 0.157. The zero-order valence-corrected chi connectivity index (χ0v) is 18.9. The number of carbonyl (C=O) groups excluding carboxylic acids is 1. The van der Waals surface area contributed by atoms with Gasteiger partial charge in [0.2, 0.25) is 5.78 Å². The van der Waals surface area contributed by atoms with E-state index in [1.807, 2.05) is 55.5 Å². The summed E-state index contributed by atoms with van der Waals surface area (Å²) in [5.41, 5.74) is 4.60. The van der Waals surface area contributed by atoms with Gasteiger partial charge in [-0.1, -0.05) is 66.2 Å². The van der Waals surface area contributed by atoms with Gasteiger partial charge in [-0.15, -0.1) is 0 Å². The molecule has 8 nitrogen and oxygen atoms in total. The van der Waals surface area contributed by atoms with Crippen molar-refractivity contribution >= 4 is 28.7 Å². The smallest absolute Gasteiger partial charge is 0.332 e. The van der Waals surface area contributed by atoms with Crippen LogP contribution in [0.15, 0.2) is 67.0 Å². The van der Waals surface area contributed by atoms with Crippen LogP contribution in [0.4, 0.5) is 0 Å². The zero-order valence-electron chi connectivity index (χ0n) is 18.9. The molecule has 0 aliphatic carbocycles. The van der Waals surface area contributed by atoms with Crippen LogP contribution >= 0.6 is 0 Å². The van der Waals surface area contributed by atoms with Gasteiger partial charge in [0.15, 0.2) is 6.10 Å². The van der Waals surface area contributed by atoms with Crippen LogP contribution in [0.25, 0.3) is 17.0 Å². The molecule has 0 amide bonds. The van der Waals surface area contributed by atoms with Crippen molar-refractivity contribution in [3.63, 3.8) is 0 Å². The van der Waals surface area contributed by atoms with E-state index in [0.29, 0.717) is 23.2 Å². The highest BCUT2D eigenvalue weighted by atomic mass is 16.5. The van der Waals surface area contributed by atoms with Crippen molar-refractivity contribution in [2.45, 2.75) is 33.1 Å². The molecule has 2 aromatic heterocycles. The van der Waals surface area contributed by atoms with E-state index in [4.69, 9.17) is 9.84 Å². The van der Waals surface area contributed by atoms with Crippen LogP contribution in [0.2, 0.25) is 0 Å². The lowest BCUT2D eigenvalue weighted by Crippen LogP contribution is -2.19. The van der Waals surface area contributed by atoms with E-state index in [-0.39, 0.29) is 12.4 Å². The van der Waals surface area contributed by atoms with E-state index in [1.165, 1.54) is 6.92 Å². The molecule has 0 radical (unpaired) electrons. The number of carboxylic acid groups (broad SMARTS) is 1. The molecule has 0 saturated carbocycles. The van der Waals surface area contributed by atoms with E-state index in [1.54, 1.807) is 29.2 Å². The van der Waals surface area contributed by atoms with E-state index < -0.39 is 12.1 Å². The number of carboxylic acids is 1. The van der Waals surface area contributed by atoms with E-state index in [0.717, 1.165) is 22.2 Å². The fourth-order valence-electron chi connectivity index (χ4n) is 3.39. The molecular formula is C26H24N4O4. The van der Waals surface area contributed by atoms with Gasteiger partial charge in [-0.05, 0) is 25.0 Å². The Labute approximate surface area is 196 Å². The third kappa shape index (κ3) is 5.24. The fourth-order valence-corrected chi connectivity index (χ4v) is 3.39. The Morgan fingerprint density at radius 3 is 2.47 bits per heavy atom. The highest BCUT2D eigenvalue weighted by molar-refractivity contribution is 6.14. The van der Waals surface area contributed by atoms with Crippen molar-refractivity contribution in [3.8, 4) is 0 Å². The lowest BCUT2D eigenvalue weighted by atomic mass is 10.1. The van der Waals surface area contributed by atoms with Gasteiger partial charge in [0.25, 0.3) is 0 Å². The number of nitrogens with zero attached hydrogens (tertiary/aromatic N) is 4. The van der Waals surface area contributed by atoms with Crippen molar-refractivity contribution in [1.29, 1.82) is 0 Å². The first-order chi connectivity index (χ1) is 16.4. The van der Waals surface area contributed by atoms with E-state index in [2.05, 4.69) is 15.3 Å². The van der Waals surface area contributed by atoms with Crippen molar-refractivity contribution in [2.75, 3.05) is 0 Å². The SMILES string of the molecule is Cc1ccc(C(=O)c2nn(C/C=C/c3ccc(CO[C@@H](C)C(=O)O)cc3)c3cnncc23)cc1. The van der Waals surface area contributed by atoms with Crippen LogP contribution in [0, 0.1) is 6.92 Å². The first-order valence-electron chi connectivity index (χ1n) is 10.8. The first kappa shape index (κ1) is 23.0. The Kier molecular flexibility index (Phi) is 6.89. The average Bonchev–Trinajstić information content (AvgIpc) is 3.22. The van der Waals surface area contributed by atoms with Gasteiger partial charge in [-0.3, -0.25) is 9.48 Å². The van der Waals surface area contributed by atoms with Crippen LogP contribution < -0.4 is 0 Å². The number of aryl methyl sites for hydroxylation is 1. The maximum Gasteiger partial charge on any atom is 0.332 e. The number of aromatic nitrogens is 4. The number of hydrogen-bond acceptors (Lipinski definition) is 6. The molecule has 1 atom stereocenters. The largest absolute Gasteiger partial charge is 0.479 e. The molecule has 0 unspecified atom stereocenters. The molecule has 0 aliphatic rings. The maximum atomic E-state index is 13.1.